The number of hydrogen-bond donors (Lipinski definition) is 0. The zero-order valence-corrected chi connectivity index (χ0v) is 12.3. The lowest BCUT2D eigenvalue weighted by Gasteiger charge is -2.08. The van der Waals surface area contributed by atoms with E-state index in [1.54, 1.807) is 12.1 Å². The first-order valence-electron chi connectivity index (χ1n) is 5.63. The van der Waals surface area contributed by atoms with Crippen LogP contribution in [0.5, 0.6) is 0 Å². The van der Waals surface area contributed by atoms with Crippen molar-refractivity contribution in [2.24, 2.45) is 0 Å². The van der Waals surface area contributed by atoms with Crippen LogP contribution in [0.15, 0.2) is 28.7 Å². The summed E-state index contributed by atoms with van der Waals surface area (Å²) in [5.74, 6) is 0.354. The van der Waals surface area contributed by atoms with Crippen LogP contribution in [-0.4, -0.2) is 9.97 Å². The van der Waals surface area contributed by atoms with Gasteiger partial charge in [0.25, 0.3) is 6.43 Å². The predicted octanol–water partition coefficient (Wildman–Crippen LogP) is 5.06. The van der Waals surface area contributed by atoms with Gasteiger partial charge in [-0.2, -0.15) is 0 Å². The van der Waals surface area contributed by atoms with E-state index < -0.39 is 6.43 Å². The fourth-order valence-electron chi connectivity index (χ4n) is 1.64. The molecule has 0 N–H and O–H groups in total. The van der Waals surface area contributed by atoms with Gasteiger partial charge < -0.3 is 0 Å². The molecule has 0 atom stereocenters. The molecule has 19 heavy (non-hydrogen) atoms. The largest absolute Gasteiger partial charge is 0.263 e. The van der Waals surface area contributed by atoms with Crippen LogP contribution >= 0.6 is 27.5 Å². The summed E-state index contributed by atoms with van der Waals surface area (Å²) >= 11 is 9.31. The molecule has 0 aliphatic carbocycles. The maximum atomic E-state index is 12.7. The summed E-state index contributed by atoms with van der Waals surface area (Å²) in [4.78, 5) is 8.45. The average molecular weight is 348 g/mol. The Bertz CT molecular complexity index is 605. The minimum atomic E-state index is -2.52. The number of nitrogens with zero attached hydrogens (tertiary/aromatic N) is 2. The van der Waals surface area contributed by atoms with Crippen LogP contribution in [0.4, 0.5) is 8.78 Å². The van der Waals surface area contributed by atoms with Crippen LogP contribution in [0.25, 0.3) is 11.4 Å². The van der Waals surface area contributed by atoms with Gasteiger partial charge in [-0.1, -0.05) is 36.7 Å². The van der Waals surface area contributed by atoms with Crippen LogP contribution in [0.2, 0.25) is 5.15 Å². The van der Waals surface area contributed by atoms with Gasteiger partial charge in [-0.3, -0.25) is 0 Å². The molecule has 0 aliphatic heterocycles. The normalized spacial score (nSPS) is 11.1. The highest BCUT2D eigenvalue weighted by Gasteiger charge is 2.13. The molecule has 2 nitrogen and oxygen atoms in total. The number of aryl methyl sites for hydroxylation is 1. The van der Waals surface area contributed by atoms with Crippen molar-refractivity contribution in [1.82, 2.24) is 9.97 Å². The van der Waals surface area contributed by atoms with Crippen LogP contribution < -0.4 is 0 Å². The van der Waals surface area contributed by atoms with Gasteiger partial charge in [0.1, 0.15) is 5.15 Å². The molecule has 0 spiro atoms. The van der Waals surface area contributed by atoms with E-state index in [2.05, 4.69) is 25.9 Å². The molecule has 0 bridgehead atoms. The lowest BCUT2D eigenvalue weighted by Crippen LogP contribution is -1.98. The number of rotatable bonds is 3. The molecule has 1 aromatic heterocycles. The Kier molecular flexibility index (Phi) is 4.47. The van der Waals surface area contributed by atoms with E-state index in [9.17, 15) is 8.78 Å². The summed E-state index contributed by atoms with van der Waals surface area (Å²) in [7, 11) is 0. The second-order valence-electron chi connectivity index (χ2n) is 3.88. The smallest absolute Gasteiger partial charge is 0.232 e. The van der Waals surface area contributed by atoms with Crippen molar-refractivity contribution in [3.63, 3.8) is 0 Å². The summed E-state index contributed by atoms with van der Waals surface area (Å²) in [5, 5.41) is 0.282. The van der Waals surface area contributed by atoms with Crippen molar-refractivity contribution in [3.8, 4) is 11.4 Å². The van der Waals surface area contributed by atoms with E-state index >= 15 is 0 Å². The molecule has 1 aromatic carbocycles. The summed E-state index contributed by atoms with van der Waals surface area (Å²) in [5.41, 5.74) is 1.22. The maximum Gasteiger partial charge on any atom is 0.263 e. The van der Waals surface area contributed by atoms with Crippen LogP contribution in [0, 0.1) is 0 Å². The van der Waals surface area contributed by atoms with Crippen molar-refractivity contribution < 1.29 is 8.78 Å². The lowest BCUT2D eigenvalue weighted by molar-refractivity contribution is 0.151. The molecule has 0 fully saturated rings. The Balaban J connectivity index is 2.53. The molecule has 2 rings (SSSR count). The molecule has 100 valence electrons. The van der Waals surface area contributed by atoms with Gasteiger partial charge in [0.2, 0.25) is 0 Å². The van der Waals surface area contributed by atoms with Gasteiger partial charge in [0.15, 0.2) is 5.82 Å². The molecule has 0 saturated heterocycles. The van der Waals surface area contributed by atoms with Crippen LogP contribution in [0.3, 0.4) is 0 Å². The minimum absolute atomic E-state index is 0.0572. The third kappa shape index (κ3) is 3.09. The van der Waals surface area contributed by atoms with Crippen molar-refractivity contribution in [1.29, 1.82) is 0 Å². The SMILES string of the molecule is CCc1nc(-c2cccc(C(F)F)c2)nc(Cl)c1Br. The summed E-state index contributed by atoms with van der Waals surface area (Å²) in [6, 6.07) is 5.99. The summed E-state index contributed by atoms with van der Waals surface area (Å²) in [6.45, 7) is 1.93. The molecule has 0 amide bonds. The summed E-state index contributed by atoms with van der Waals surface area (Å²) in [6.07, 6.45) is -1.85. The first-order chi connectivity index (χ1) is 9.02. The van der Waals surface area contributed by atoms with Crippen molar-refractivity contribution in [2.45, 2.75) is 19.8 Å². The Morgan fingerprint density at radius 3 is 2.68 bits per heavy atom. The molecule has 0 saturated carbocycles. The van der Waals surface area contributed by atoms with Crippen LogP contribution in [-0.2, 0) is 6.42 Å². The molecule has 0 aliphatic rings. The van der Waals surface area contributed by atoms with E-state index in [4.69, 9.17) is 11.6 Å². The zero-order valence-electron chi connectivity index (χ0n) is 10.0. The number of hydrogen-bond acceptors (Lipinski definition) is 2. The lowest BCUT2D eigenvalue weighted by atomic mass is 10.1. The van der Waals surface area contributed by atoms with Gasteiger partial charge in [0.05, 0.1) is 10.2 Å². The van der Waals surface area contributed by atoms with Crippen molar-refractivity contribution >= 4 is 27.5 Å². The number of halogens is 4. The predicted molar refractivity (Wildman–Crippen MR) is 74.5 cm³/mol. The Morgan fingerprint density at radius 2 is 2.05 bits per heavy atom. The topological polar surface area (TPSA) is 25.8 Å². The van der Waals surface area contributed by atoms with E-state index in [1.165, 1.54) is 12.1 Å². The molecule has 0 radical (unpaired) electrons. The first-order valence-corrected chi connectivity index (χ1v) is 6.80. The fourth-order valence-corrected chi connectivity index (χ4v) is 2.29. The Morgan fingerprint density at radius 1 is 1.32 bits per heavy atom. The van der Waals surface area contributed by atoms with Gasteiger partial charge in [-0.25, -0.2) is 18.7 Å². The van der Waals surface area contributed by atoms with Gasteiger partial charge >= 0.3 is 0 Å². The molecular formula is C13H10BrClF2N2. The molecule has 0 unspecified atom stereocenters. The first kappa shape index (κ1) is 14.3. The van der Waals surface area contributed by atoms with Gasteiger partial charge in [-0.05, 0) is 28.4 Å². The third-order valence-corrected chi connectivity index (χ3v) is 3.95. The van der Waals surface area contributed by atoms with Gasteiger partial charge in [-0.15, -0.1) is 0 Å². The van der Waals surface area contributed by atoms with Crippen molar-refractivity contribution in [3.05, 3.63) is 45.1 Å². The monoisotopic (exact) mass is 346 g/mol. The van der Waals surface area contributed by atoms with E-state index in [0.717, 1.165) is 5.69 Å². The number of alkyl halides is 2. The zero-order chi connectivity index (χ0) is 14.0. The van der Waals surface area contributed by atoms with Crippen molar-refractivity contribution in [2.75, 3.05) is 0 Å². The fraction of sp³-hybridized carbons (Fsp3) is 0.231. The minimum Gasteiger partial charge on any atom is -0.232 e. The quantitative estimate of drug-likeness (QED) is 0.725. The highest BCUT2D eigenvalue weighted by molar-refractivity contribution is 9.10. The Hall–Kier alpha value is -1.07. The van der Waals surface area contributed by atoms with Gasteiger partial charge in [0, 0.05) is 11.1 Å². The van der Waals surface area contributed by atoms with E-state index in [0.29, 0.717) is 22.3 Å². The standard InChI is InChI=1S/C13H10BrClF2N2/c1-2-9-10(14)11(15)19-13(18-9)8-5-3-4-7(6-8)12(16)17/h3-6,12H,2H2,1H3. The van der Waals surface area contributed by atoms with Crippen LogP contribution in [0.1, 0.15) is 24.6 Å². The van der Waals surface area contributed by atoms with E-state index in [1.807, 2.05) is 6.92 Å². The highest BCUT2D eigenvalue weighted by Crippen LogP contribution is 2.29. The second-order valence-corrected chi connectivity index (χ2v) is 5.03. The summed E-state index contributed by atoms with van der Waals surface area (Å²) < 4.78 is 26.0. The maximum absolute atomic E-state index is 12.7. The average Bonchev–Trinajstić information content (AvgIpc) is 2.41. The second kappa shape index (κ2) is 5.92. The third-order valence-electron chi connectivity index (χ3n) is 2.61. The molecule has 6 heteroatoms. The highest BCUT2D eigenvalue weighted by atomic mass is 79.9. The molecule has 1 heterocycles. The number of aromatic nitrogens is 2. The number of benzene rings is 1. The van der Waals surface area contributed by atoms with E-state index in [-0.39, 0.29) is 10.7 Å². The molecule has 2 aromatic rings. The Labute approximate surface area is 123 Å². The molecular weight excluding hydrogens is 338 g/mol.